The molecule has 1 amide bonds. The molecule has 94 valence electrons. The number of amides is 1. The van der Waals surface area contributed by atoms with Crippen LogP contribution in [-0.4, -0.2) is 20.9 Å². The molecule has 0 bridgehead atoms. The van der Waals surface area contributed by atoms with Crippen LogP contribution in [0.3, 0.4) is 0 Å². The number of hydrogen-bond acceptors (Lipinski definition) is 4. The predicted octanol–water partition coefficient (Wildman–Crippen LogP) is 1.79. The standard InChI is InChI=1S/C13H11N5O/c14-10-3-1-2-8-4-11(18-12(8)10)13(19)17-9-5-15-7-16-6-9/h1-7,18H,14H2,(H,17,19). The van der Waals surface area contributed by atoms with Gasteiger partial charge in [-0.1, -0.05) is 12.1 Å². The predicted molar refractivity (Wildman–Crippen MR) is 72.7 cm³/mol. The number of fused-ring (bicyclic) bond motifs is 1. The summed E-state index contributed by atoms with van der Waals surface area (Å²) in [5.41, 5.74) is 8.19. The zero-order valence-corrected chi connectivity index (χ0v) is 9.92. The number of anilines is 2. The highest BCUT2D eigenvalue weighted by atomic mass is 16.1. The molecule has 0 aliphatic rings. The number of hydrogen-bond donors (Lipinski definition) is 3. The van der Waals surface area contributed by atoms with Gasteiger partial charge >= 0.3 is 0 Å². The summed E-state index contributed by atoms with van der Waals surface area (Å²) in [7, 11) is 0. The maximum Gasteiger partial charge on any atom is 0.272 e. The van der Waals surface area contributed by atoms with Crippen LogP contribution in [-0.2, 0) is 0 Å². The Morgan fingerprint density at radius 2 is 2.05 bits per heavy atom. The number of nitrogens with two attached hydrogens (primary N) is 1. The van der Waals surface area contributed by atoms with E-state index in [1.807, 2.05) is 12.1 Å². The van der Waals surface area contributed by atoms with Gasteiger partial charge in [0.25, 0.3) is 5.91 Å². The number of rotatable bonds is 2. The highest BCUT2D eigenvalue weighted by molar-refractivity contribution is 6.07. The lowest BCUT2D eigenvalue weighted by atomic mass is 10.2. The normalized spacial score (nSPS) is 10.5. The largest absolute Gasteiger partial charge is 0.397 e. The van der Waals surface area contributed by atoms with Gasteiger partial charge in [-0.3, -0.25) is 4.79 Å². The average molecular weight is 253 g/mol. The van der Waals surface area contributed by atoms with E-state index in [1.54, 1.807) is 12.1 Å². The summed E-state index contributed by atoms with van der Waals surface area (Å²) in [6, 6.07) is 7.28. The number of carbonyl (C=O) groups is 1. The van der Waals surface area contributed by atoms with Crippen molar-refractivity contribution in [2.75, 3.05) is 11.1 Å². The van der Waals surface area contributed by atoms with E-state index < -0.39 is 0 Å². The summed E-state index contributed by atoms with van der Waals surface area (Å²) >= 11 is 0. The van der Waals surface area contributed by atoms with E-state index in [9.17, 15) is 4.79 Å². The van der Waals surface area contributed by atoms with Gasteiger partial charge in [-0.15, -0.1) is 0 Å². The second-order valence-electron chi connectivity index (χ2n) is 4.08. The number of H-pyrrole nitrogens is 1. The second-order valence-corrected chi connectivity index (χ2v) is 4.08. The molecule has 0 unspecified atom stereocenters. The molecule has 0 saturated carbocycles. The van der Waals surface area contributed by atoms with Crippen LogP contribution in [0.25, 0.3) is 10.9 Å². The molecule has 3 aromatic rings. The zero-order chi connectivity index (χ0) is 13.2. The molecule has 0 saturated heterocycles. The fourth-order valence-corrected chi connectivity index (χ4v) is 1.86. The van der Waals surface area contributed by atoms with E-state index >= 15 is 0 Å². The Morgan fingerprint density at radius 3 is 2.79 bits per heavy atom. The molecule has 3 rings (SSSR count). The van der Waals surface area contributed by atoms with Crippen LogP contribution in [0.4, 0.5) is 11.4 Å². The van der Waals surface area contributed by atoms with Crippen molar-refractivity contribution in [2.45, 2.75) is 0 Å². The molecule has 2 heterocycles. The molecule has 0 spiro atoms. The van der Waals surface area contributed by atoms with Crippen LogP contribution >= 0.6 is 0 Å². The van der Waals surface area contributed by atoms with Crippen LogP contribution < -0.4 is 11.1 Å². The highest BCUT2D eigenvalue weighted by Crippen LogP contribution is 2.21. The number of aromatic nitrogens is 3. The minimum Gasteiger partial charge on any atom is -0.397 e. The van der Waals surface area contributed by atoms with Crippen molar-refractivity contribution in [3.8, 4) is 0 Å². The maximum atomic E-state index is 12.1. The number of nitrogens with zero attached hydrogens (tertiary/aromatic N) is 2. The Balaban J connectivity index is 1.92. The summed E-state index contributed by atoms with van der Waals surface area (Å²) in [4.78, 5) is 22.7. The van der Waals surface area contributed by atoms with Gasteiger partial charge in [0.05, 0.1) is 29.3 Å². The smallest absolute Gasteiger partial charge is 0.272 e. The van der Waals surface area contributed by atoms with Gasteiger partial charge in [0, 0.05) is 5.39 Å². The third-order valence-corrected chi connectivity index (χ3v) is 2.75. The van der Waals surface area contributed by atoms with E-state index in [2.05, 4.69) is 20.3 Å². The first-order valence-electron chi connectivity index (χ1n) is 5.67. The van der Waals surface area contributed by atoms with Gasteiger partial charge < -0.3 is 16.0 Å². The van der Waals surface area contributed by atoms with Crippen molar-refractivity contribution >= 4 is 28.2 Å². The lowest BCUT2D eigenvalue weighted by Crippen LogP contribution is -2.12. The van der Waals surface area contributed by atoms with E-state index in [1.165, 1.54) is 18.7 Å². The Kier molecular flexibility index (Phi) is 2.60. The minimum atomic E-state index is -0.259. The number of para-hydroxylation sites is 1. The zero-order valence-electron chi connectivity index (χ0n) is 9.92. The molecule has 0 fully saturated rings. The van der Waals surface area contributed by atoms with Gasteiger partial charge in [0.2, 0.25) is 0 Å². The molecule has 4 N–H and O–H groups in total. The van der Waals surface area contributed by atoms with Crippen molar-refractivity contribution in [1.82, 2.24) is 15.0 Å². The van der Waals surface area contributed by atoms with Crippen molar-refractivity contribution in [3.05, 3.63) is 48.7 Å². The number of nitrogens with one attached hydrogen (secondary N) is 2. The minimum absolute atomic E-state index is 0.259. The molecule has 0 aliphatic carbocycles. The van der Waals surface area contributed by atoms with Gasteiger partial charge in [0.1, 0.15) is 12.0 Å². The van der Waals surface area contributed by atoms with Crippen LogP contribution in [0.5, 0.6) is 0 Å². The summed E-state index contributed by atoms with van der Waals surface area (Å²) < 4.78 is 0. The van der Waals surface area contributed by atoms with Crippen molar-refractivity contribution in [2.24, 2.45) is 0 Å². The Bertz CT molecular complexity index is 735. The summed E-state index contributed by atoms with van der Waals surface area (Å²) in [5, 5.41) is 3.60. The van der Waals surface area contributed by atoms with E-state index in [-0.39, 0.29) is 5.91 Å². The Morgan fingerprint density at radius 1 is 1.26 bits per heavy atom. The van der Waals surface area contributed by atoms with E-state index in [4.69, 9.17) is 5.73 Å². The number of benzene rings is 1. The molecule has 0 aliphatic heterocycles. The third kappa shape index (κ3) is 2.11. The lowest BCUT2D eigenvalue weighted by Gasteiger charge is -2.01. The Hall–Kier alpha value is -2.89. The van der Waals surface area contributed by atoms with Crippen LogP contribution in [0, 0.1) is 0 Å². The molecular formula is C13H11N5O. The molecule has 6 nitrogen and oxygen atoms in total. The Labute approximate surface area is 108 Å². The monoisotopic (exact) mass is 253 g/mol. The van der Waals surface area contributed by atoms with Crippen LogP contribution in [0.15, 0.2) is 43.0 Å². The second kappa shape index (κ2) is 4.41. The quantitative estimate of drug-likeness (QED) is 0.606. The molecule has 0 radical (unpaired) electrons. The average Bonchev–Trinajstić information content (AvgIpc) is 2.85. The first-order valence-corrected chi connectivity index (χ1v) is 5.67. The van der Waals surface area contributed by atoms with Crippen molar-refractivity contribution in [1.29, 1.82) is 0 Å². The first-order chi connectivity index (χ1) is 9.24. The van der Waals surface area contributed by atoms with Crippen molar-refractivity contribution < 1.29 is 4.79 Å². The molecule has 2 aromatic heterocycles. The lowest BCUT2D eigenvalue weighted by molar-refractivity contribution is 0.102. The molecule has 6 heteroatoms. The maximum absolute atomic E-state index is 12.1. The summed E-state index contributed by atoms with van der Waals surface area (Å²) in [6.45, 7) is 0. The number of aromatic amines is 1. The van der Waals surface area contributed by atoms with Gasteiger partial charge in [-0.05, 0) is 12.1 Å². The fraction of sp³-hybridized carbons (Fsp3) is 0. The summed E-state index contributed by atoms with van der Waals surface area (Å²) in [5.74, 6) is -0.259. The molecule has 19 heavy (non-hydrogen) atoms. The number of carbonyl (C=O) groups excluding carboxylic acids is 1. The summed E-state index contributed by atoms with van der Waals surface area (Å²) in [6.07, 6.45) is 4.46. The number of nitrogen functional groups attached to an aromatic ring is 1. The third-order valence-electron chi connectivity index (χ3n) is 2.75. The first kappa shape index (κ1) is 11.2. The molecular weight excluding hydrogens is 242 g/mol. The highest BCUT2D eigenvalue weighted by Gasteiger charge is 2.11. The van der Waals surface area contributed by atoms with Crippen LogP contribution in [0.2, 0.25) is 0 Å². The van der Waals surface area contributed by atoms with E-state index in [0.29, 0.717) is 17.1 Å². The molecule has 1 aromatic carbocycles. The van der Waals surface area contributed by atoms with Gasteiger partial charge in [-0.2, -0.15) is 0 Å². The van der Waals surface area contributed by atoms with Gasteiger partial charge in [-0.25, -0.2) is 9.97 Å². The van der Waals surface area contributed by atoms with E-state index in [0.717, 1.165) is 10.9 Å². The van der Waals surface area contributed by atoms with Gasteiger partial charge in [0.15, 0.2) is 0 Å². The fourth-order valence-electron chi connectivity index (χ4n) is 1.86. The van der Waals surface area contributed by atoms with Crippen LogP contribution in [0.1, 0.15) is 10.5 Å². The molecule has 0 atom stereocenters. The SMILES string of the molecule is Nc1cccc2cc(C(=O)Nc3cncnc3)[nH]c12. The van der Waals surface area contributed by atoms with Crippen molar-refractivity contribution in [3.63, 3.8) is 0 Å². The topological polar surface area (TPSA) is 96.7 Å².